The molecule has 1 heterocycles. The van der Waals surface area contributed by atoms with Gasteiger partial charge in [-0.2, -0.15) is 0 Å². The third-order valence-electron chi connectivity index (χ3n) is 2.20. The molecule has 7 nitrogen and oxygen atoms in total. The van der Waals surface area contributed by atoms with Gasteiger partial charge in [0.2, 0.25) is 5.16 Å². The number of aromatic carboxylic acids is 1. The molecule has 0 aliphatic carbocycles. The van der Waals surface area contributed by atoms with Crippen LogP contribution >= 0.6 is 11.8 Å². The number of carboxylic acids is 2. The van der Waals surface area contributed by atoms with Crippen molar-refractivity contribution in [2.24, 2.45) is 0 Å². The quantitative estimate of drug-likeness (QED) is 0.726. The predicted molar refractivity (Wildman–Crippen MR) is 78.5 cm³/mol. The van der Waals surface area contributed by atoms with Gasteiger partial charge in [-0.25, -0.2) is 9.78 Å². The van der Waals surface area contributed by atoms with E-state index in [-0.39, 0.29) is 16.5 Å². The average Bonchev–Trinajstić information content (AvgIpc) is 2.96. The number of nitrogens with zero attached hydrogens (tertiary/aromatic N) is 2. The molecule has 0 unspecified atom stereocenters. The van der Waals surface area contributed by atoms with Crippen molar-refractivity contribution in [3.8, 4) is 11.4 Å². The first-order valence-electron chi connectivity index (χ1n) is 6.17. The zero-order valence-corrected chi connectivity index (χ0v) is 12.3. The van der Waals surface area contributed by atoms with E-state index in [4.69, 9.17) is 10.2 Å². The van der Waals surface area contributed by atoms with Crippen molar-refractivity contribution in [3.05, 3.63) is 29.8 Å². The minimum absolute atomic E-state index is 0.105. The first kappa shape index (κ1) is 16.7. The molecular formula is C13H15N3O4S. The summed E-state index contributed by atoms with van der Waals surface area (Å²) in [6.07, 6.45) is 0. The summed E-state index contributed by atoms with van der Waals surface area (Å²) < 4.78 is 0. The SMILES string of the molecule is CC.O=C(O)CSc1n[nH]c(-c2ccccc2C(=O)O)n1. The summed E-state index contributed by atoms with van der Waals surface area (Å²) in [5.74, 6) is -1.89. The number of thioether (sulfide) groups is 1. The number of H-pyrrole nitrogens is 1. The molecule has 0 saturated carbocycles. The van der Waals surface area contributed by atoms with Gasteiger partial charge in [-0.3, -0.25) is 9.89 Å². The molecule has 0 bridgehead atoms. The Morgan fingerprint density at radius 2 is 1.90 bits per heavy atom. The summed E-state index contributed by atoms with van der Waals surface area (Å²) in [6.45, 7) is 4.00. The number of aromatic nitrogens is 3. The van der Waals surface area contributed by atoms with E-state index in [9.17, 15) is 9.59 Å². The molecule has 0 atom stereocenters. The molecule has 2 aromatic rings. The molecular weight excluding hydrogens is 294 g/mol. The Hall–Kier alpha value is -2.35. The van der Waals surface area contributed by atoms with E-state index in [0.29, 0.717) is 11.4 Å². The zero-order valence-electron chi connectivity index (χ0n) is 11.5. The van der Waals surface area contributed by atoms with Crippen LogP contribution in [0.2, 0.25) is 0 Å². The van der Waals surface area contributed by atoms with Gasteiger partial charge >= 0.3 is 11.9 Å². The van der Waals surface area contributed by atoms with Gasteiger partial charge in [0.05, 0.1) is 11.3 Å². The fourth-order valence-electron chi connectivity index (χ4n) is 1.43. The summed E-state index contributed by atoms with van der Waals surface area (Å²) in [5.41, 5.74) is 0.512. The van der Waals surface area contributed by atoms with Gasteiger partial charge in [0.15, 0.2) is 5.82 Å². The maximum Gasteiger partial charge on any atom is 0.336 e. The largest absolute Gasteiger partial charge is 0.481 e. The average molecular weight is 309 g/mol. The van der Waals surface area contributed by atoms with Gasteiger partial charge in [-0.1, -0.05) is 43.8 Å². The lowest BCUT2D eigenvalue weighted by Gasteiger charge is -2.00. The Labute approximate surface area is 125 Å². The summed E-state index contributed by atoms with van der Waals surface area (Å²) in [6, 6.07) is 6.37. The fourth-order valence-corrected chi connectivity index (χ4v) is 1.95. The van der Waals surface area contributed by atoms with Crippen LogP contribution in [0, 0.1) is 0 Å². The molecule has 0 amide bonds. The van der Waals surface area contributed by atoms with Crippen LogP contribution in [-0.4, -0.2) is 43.1 Å². The molecule has 0 spiro atoms. The minimum Gasteiger partial charge on any atom is -0.481 e. The highest BCUT2D eigenvalue weighted by Gasteiger charge is 2.14. The van der Waals surface area contributed by atoms with Crippen molar-refractivity contribution in [1.82, 2.24) is 15.2 Å². The van der Waals surface area contributed by atoms with Crippen molar-refractivity contribution in [2.45, 2.75) is 19.0 Å². The number of hydrogen-bond acceptors (Lipinski definition) is 5. The molecule has 8 heteroatoms. The Kier molecular flexibility index (Phi) is 6.41. The number of nitrogens with one attached hydrogen (secondary N) is 1. The Morgan fingerprint density at radius 1 is 1.24 bits per heavy atom. The summed E-state index contributed by atoms with van der Waals surface area (Å²) in [4.78, 5) is 25.6. The third kappa shape index (κ3) is 4.60. The molecule has 0 radical (unpaired) electrons. The monoisotopic (exact) mass is 309 g/mol. The van der Waals surface area contributed by atoms with E-state index in [1.165, 1.54) is 6.07 Å². The highest BCUT2D eigenvalue weighted by Crippen LogP contribution is 2.22. The lowest BCUT2D eigenvalue weighted by molar-refractivity contribution is -0.133. The Bertz CT molecular complexity index is 627. The van der Waals surface area contributed by atoms with Gasteiger partial charge in [-0.05, 0) is 6.07 Å². The maximum absolute atomic E-state index is 11.1. The van der Waals surface area contributed by atoms with Crippen LogP contribution in [0.3, 0.4) is 0 Å². The van der Waals surface area contributed by atoms with Crippen molar-refractivity contribution in [3.63, 3.8) is 0 Å². The summed E-state index contributed by atoms with van der Waals surface area (Å²) >= 11 is 0.958. The maximum atomic E-state index is 11.1. The van der Waals surface area contributed by atoms with Crippen LogP contribution in [0.4, 0.5) is 0 Å². The molecule has 112 valence electrons. The van der Waals surface area contributed by atoms with Crippen molar-refractivity contribution in [1.29, 1.82) is 0 Å². The lowest BCUT2D eigenvalue weighted by atomic mass is 10.1. The smallest absolute Gasteiger partial charge is 0.336 e. The fraction of sp³-hybridized carbons (Fsp3) is 0.231. The highest BCUT2D eigenvalue weighted by molar-refractivity contribution is 7.99. The predicted octanol–water partition coefficient (Wildman–Crippen LogP) is 2.37. The standard InChI is InChI=1S/C11H9N3O4S.C2H6/c15-8(16)5-19-11-12-9(13-14-11)6-3-1-2-4-7(6)10(17)18;1-2/h1-4H,5H2,(H,15,16)(H,17,18)(H,12,13,14);1-2H3. The Balaban J connectivity index is 0.00000106. The van der Waals surface area contributed by atoms with Gasteiger partial charge in [0.1, 0.15) is 0 Å². The van der Waals surface area contributed by atoms with Gasteiger partial charge < -0.3 is 10.2 Å². The first-order valence-corrected chi connectivity index (χ1v) is 7.16. The number of aliphatic carboxylic acids is 1. The van der Waals surface area contributed by atoms with E-state index < -0.39 is 11.9 Å². The van der Waals surface area contributed by atoms with E-state index in [1.807, 2.05) is 13.8 Å². The zero-order chi connectivity index (χ0) is 15.8. The number of carbonyl (C=O) groups is 2. The van der Waals surface area contributed by atoms with Crippen LogP contribution in [0.15, 0.2) is 29.4 Å². The minimum atomic E-state index is -1.06. The molecule has 0 fully saturated rings. The summed E-state index contributed by atoms with van der Waals surface area (Å²) in [7, 11) is 0. The van der Waals surface area contributed by atoms with E-state index in [2.05, 4.69) is 15.2 Å². The van der Waals surface area contributed by atoms with Gasteiger partial charge in [0.25, 0.3) is 0 Å². The number of hydrogen-bond donors (Lipinski definition) is 3. The van der Waals surface area contributed by atoms with E-state index in [1.54, 1.807) is 18.2 Å². The Morgan fingerprint density at radius 3 is 2.52 bits per heavy atom. The van der Waals surface area contributed by atoms with Crippen LogP contribution in [-0.2, 0) is 4.79 Å². The van der Waals surface area contributed by atoms with E-state index in [0.717, 1.165) is 11.8 Å². The molecule has 21 heavy (non-hydrogen) atoms. The molecule has 0 aliphatic heterocycles. The van der Waals surface area contributed by atoms with Crippen molar-refractivity contribution in [2.75, 3.05) is 5.75 Å². The van der Waals surface area contributed by atoms with Crippen LogP contribution < -0.4 is 0 Å². The summed E-state index contributed by atoms with van der Waals surface area (Å²) in [5, 5.41) is 24.3. The second kappa shape index (κ2) is 8.05. The molecule has 1 aromatic carbocycles. The van der Waals surface area contributed by atoms with Crippen LogP contribution in [0.5, 0.6) is 0 Å². The molecule has 0 aliphatic rings. The van der Waals surface area contributed by atoms with E-state index >= 15 is 0 Å². The van der Waals surface area contributed by atoms with Gasteiger partial charge in [-0.15, -0.1) is 5.10 Å². The molecule has 3 N–H and O–H groups in total. The van der Waals surface area contributed by atoms with Crippen LogP contribution in [0.25, 0.3) is 11.4 Å². The highest BCUT2D eigenvalue weighted by atomic mass is 32.2. The third-order valence-corrected chi connectivity index (χ3v) is 3.03. The molecule has 2 rings (SSSR count). The van der Waals surface area contributed by atoms with Crippen molar-refractivity contribution >= 4 is 23.7 Å². The van der Waals surface area contributed by atoms with Crippen LogP contribution in [0.1, 0.15) is 24.2 Å². The number of carboxylic acid groups (broad SMARTS) is 2. The first-order chi connectivity index (χ1) is 10.1. The topological polar surface area (TPSA) is 116 Å². The number of aromatic amines is 1. The van der Waals surface area contributed by atoms with Gasteiger partial charge in [0, 0.05) is 5.56 Å². The normalized spacial score (nSPS) is 9.62. The lowest BCUT2D eigenvalue weighted by Crippen LogP contribution is -2.00. The van der Waals surface area contributed by atoms with Crippen molar-refractivity contribution < 1.29 is 19.8 Å². The second-order valence-electron chi connectivity index (χ2n) is 3.50. The number of benzene rings is 1. The molecule has 0 saturated heterocycles. The number of rotatable bonds is 5. The second-order valence-corrected chi connectivity index (χ2v) is 4.44. The molecule has 1 aromatic heterocycles.